The lowest BCUT2D eigenvalue weighted by Crippen LogP contribution is -2.39. The molecule has 0 aliphatic carbocycles. The van der Waals surface area contributed by atoms with Gasteiger partial charge in [0.25, 0.3) is 5.69 Å². The second kappa shape index (κ2) is 7.73. The molecule has 1 N–H and O–H groups in total. The van der Waals surface area contributed by atoms with Gasteiger partial charge in [0.2, 0.25) is 0 Å². The second-order valence-corrected chi connectivity index (χ2v) is 4.92. The van der Waals surface area contributed by atoms with E-state index in [9.17, 15) is 24.8 Å². The molecule has 0 aromatic heterocycles. The third-order valence-corrected chi connectivity index (χ3v) is 3.57. The number of hydrogen-bond acceptors (Lipinski definition) is 9. The van der Waals surface area contributed by atoms with Gasteiger partial charge < -0.3 is 24.2 Å². The van der Waals surface area contributed by atoms with Gasteiger partial charge in [-0.2, -0.15) is 0 Å². The van der Waals surface area contributed by atoms with Crippen molar-refractivity contribution in [3.63, 3.8) is 0 Å². The molecule has 1 aliphatic rings. The average Bonchev–Trinajstić information content (AvgIpc) is 2.65. The zero-order valence-electron chi connectivity index (χ0n) is 13.6. The molecule has 10 nitrogen and oxygen atoms in total. The Balaban J connectivity index is 2.74. The molecule has 25 heavy (non-hydrogen) atoms. The normalized spacial score (nSPS) is 14.3. The maximum absolute atomic E-state index is 12.2. The summed E-state index contributed by atoms with van der Waals surface area (Å²) in [4.78, 5) is 36.1. The SMILES string of the molecule is COC(=O)C1=C(C(=O)OC)N(c2c(CO)cccc2[N+](=O)[O-])COC1. The molecule has 0 saturated carbocycles. The van der Waals surface area contributed by atoms with Crippen LogP contribution in [0.15, 0.2) is 29.5 Å². The van der Waals surface area contributed by atoms with Crippen molar-refractivity contribution in [2.24, 2.45) is 0 Å². The standard InChI is InChI=1S/C15H16N2O8/c1-23-14(19)10-7-25-8-16(13(10)15(20)24-2)12-9(6-18)4-3-5-11(12)17(21)22/h3-5,18H,6-8H2,1-2H3. The van der Waals surface area contributed by atoms with Crippen molar-refractivity contribution in [3.8, 4) is 0 Å². The topological polar surface area (TPSA) is 128 Å². The fourth-order valence-corrected chi connectivity index (χ4v) is 2.48. The number of nitro groups is 1. The minimum Gasteiger partial charge on any atom is -0.466 e. The van der Waals surface area contributed by atoms with E-state index in [0.29, 0.717) is 0 Å². The number of ether oxygens (including phenoxy) is 3. The molecule has 0 amide bonds. The summed E-state index contributed by atoms with van der Waals surface area (Å²) in [6.45, 7) is -0.985. The molecule has 0 unspecified atom stereocenters. The van der Waals surface area contributed by atoms with E-state index in [4.69, 9.17) is 9.47 Å². The first kappa shape index (κ1) is 18.4. The van der Waals surface area contributed by atoms with Gasteiger partial charge in [0.15, 0.2) is 0 Å². The van der Waals surface area contributed by atoms with Crippen molar-refractivity contribution in [2.75, 3.05) is 32.5 Å². The molecule has 0 spiro atoms. The Kier molecular flexibility index (Phi) is 5.67. The fraction of sp³-hybridized carbons (Fsp3) is 0.333. The summed E-state index contributed by atoms with van der Waals surface area (Å²) in [5, 5.41) is 20.9. The molecule has 2 rings (SSSR count). The lowest BCUT2D eigenvalue weighted by Gasteiger charge is -2.32. The van der Waals surface area contributed by atoms with E-state index in [2.05, 4.69) is 4.74 Å². The van der Waals surface area contributed by atoms with Gasteiger partial charge in [0.05, 0.1) is 37.9 Å². The van der Waals surface area contributed by atoms with Crippen LogP contribution in [0, 0.1) is 10.1 Å². The first-order chi connectivity index (χ1) is 12.0. The van der Waals surface area contributed by atoms with Crippen LogP contribution in [0.3, 0.4) is 0 Å². The number of anilines is 1. The number of nitrogens with zero attached hydrogens (tertiary/aromatic N) is 2. The summed E-state index contributed by atoms with van der Waals surface area (Å²) in [6.07, 6.45) is 0. The molecule has 134 valence electrons. The summed E-state index contributed by atoms with van der Waals surface area (Å²) < 4.78 is 14.6. The maximum Gasteiger partial charge on any atom is 0.355 e. The number of carbonyl (C=O) groups excluding carboxylic acids is 2. The summed E-state index contributed by atoms with van der Waals surface area (Å²) in [5.41, 5.74) is -0.600. The highest BCUT2D eigenvalue weighted by atomic mass is 16.6. The zero-order chi connectivity index (χ0) is 18.6. The Bertz CT molecular complexity index is 743. The van der Waals surface area contributed by atoms with Crippen LogP contribution in [-0.4, -0.2) is 49.5 Å². The van der Waals surface area contributed by atoms with Crippen LogP contribution >= 0.6 is 0 Å². The smallest absolute Gasteiger partial charge is 0.355 e. The molecule has 1 heterocycles. The van der Waals surface area contributed by atoms with E-state index in [0.717, 1.165) is 19.1 Å². The van der Waals surface area contributed by atoms with E-state index in [1.165, 1.54) is 18.2 Å². The van der Waals surface area contributed by atoms with Crippen molar-refractivity contribution in [1.29, 1.82) is 0 Å². The van der Waals surface area contributed by atoms with Gasteiger partial charge in [0.1, 0.15) is 18.1 Å². The summed E-state index contributed by atoms with van der Waals surface area (Å²) >= 11 is 0. The Labute approximate surface area is 142 Å². The number of rotatable bonds is 5. The fourth-order valence-electron chi connectivity index (χ4n) is 2.48. The predicted molar refractivity (Wildman–Crippen MR) is 83.4 cm³/mol. The molecule has 10 heteroatoms. The van der Waals surface area contributed by atoms with Crippen molar-refractivity contribution in [2.45, 2.75) is 6.61 Å². The Morgan fingerprint density at radius 1 is 1.32 bits per heavy atom. The first-order valence-corrected chi connectivity index (χ1v) is 7.08. The minimum absolute atomic E-state index is 0.0588. The quantitative estimate of drug-likeness (QED) is 0.457. The van der Waals surface area contributed by atoms with Crippen LogP contribution in [0.25, 0.3) is 0 Å². The van der Waals surface area contributed by atoms with Crippen LogP contribution in [0.1, 0.15) is 5.56 Å². The van der Waals surface area contributed by atoms with Gasteiger partial charge in [-0.15, -0.1) is 0 Å². The number of esters is 2. The Hall–Kier alpha value is -2.98. The number of aliphatic hydroxyl groups excluding tert-OH is 1. The van der Waals surface area contributed by atoms with Crippen molar-refractivity contribution in [3.05, 3.63) is 45.1 Å². The van der Waals surface area contributed by atoms with Crippen LogP contribution in [0.4, 0.5) is 11.4 Å². The third-order valence-electron chi connectivity index (χ3n) is 3.57. The van der Waals surface area contributed by atoms with Gasteiger partial charge in [-0.05, 0) is 0 Å². The predicted octanol–water partition coefficient (Wildman–Crippen LogP) is 0.481. The minimum atomic E-state index is -0.884. The van der Waals surface area contributed by atoms with E-state index in [-0.39, 0.29) is 41.5 Å². The summed E-state index contributed by atoms with van der Waals surface area (Å²) in [6, 6.07) is 4.08. The largest absolute Gasteiger partial charge is 0.466 e. The highest BCUT2D eigenvalue weighted by Crippen LogP contribution is 2.37. The lowest BCUT2D eigenvalue weighted by atomic mass is 10.1. The second-order valence-electron chi connectivity index (χ2n) is 4.92. The number of aliphatic hydroxyl groups is 1. The number of methoxy groups -OCH3 is 2. The molecule has 1 aliphatic heterocycles. The van der Waals surface area contributed by atoms with Gasteiger partial charge in [0, 0.05) is 11.6 Å². The molecule has 0 saturated heterocycles. The highest BCUT2D eigenvalue weighted by molar-refractivity contribution is 6.04. The van der Waals surface area contributed by atoms with Crippen molar-refractivity contribution in [1.82, 2.24) is 0 Å². The molecule has 1 aromatic rings. The summed E-state index contributed by atoms with van der Waals surface area (Å²) in [5.74, 6) is -1.71. The molecular formula is C15H16N2O8. The van der Waals surface area contributed by atoms with E-state index in [1.54, 1.807) is 0 Å². The number of para-hydroxylation sites is 1. The Morgan fingerprint density at radius 3 is 2.56 bits per heavy atom. The van der Waals surface area contributed by atoms with Gasteiger partial charge in [-0.3, -0.25) is 10.1 Å². The molecular weight excluding hydrogens is 336 g/mol. The zero-order valence-corrected chi connectivity index (χ0v) is 13.6. The molecule has 0 bridgehead atoms. The number of nitro benzene ring substituents is 1. The average molecular weight is 352 g/mol. The maximum atomic E-state index is 12.2. The van der Waals surface area contributed by atoms with Crippen LogP contribution in [-0.2, 0) is 30.4 Å². The monoisotopic (exact) mass is 352 g/mol. The van der Waals surface area contributed by atoms with E-state index < -0.39 is 23.5 Å². The third kappa shape index (κ3) is 3.44. The number of benzene rings is 1. The van der Waals surface area contributed by atoms with Crippen LogP contribution in [0.5, 0.6) is 0 Å². The van der Waals surface area contributed by atoms with Gasteiger partial charge in [-0.25, -0.2) is 9.59 Å². The van der Waals surface area contributed by atoms with Gasteiger partial charge in [-0.1, -0.05) is 12.1 Å². The highest BCUT2D eigenvalue weighted by Gasteiger charge is 2.36. The van der Waals surface area contributed by atoms with E-state index in [1.807, 2.05) is 0 Å². The first-order valence-electron chi connectivity index (χ1n) is 7.08. The summed E-state index contributed by atoms with van der Waals surface area (Å²) in [7, 11) is 2.25. The molecule has 0 atom stereocenters. The van der Waals surface area contributed by atoms with Crippen LogP contribution < -0.4 is 4.90 Å². The van der Waals surface area contributed by atoms with Crippen molar-refractivity contribution >= 4 is 23.3 Å². The number of hydrogen-bond donors (Lipinski definition) is 1. The van der Waals surface area contributed by atoms with Crippen molar-refractivity contribution < 1.29 is 33.8 Å². The lowest BCUT2D eigenvalue weighted by molar-refractivity contribution is -0.384. The number of carbonyl (C=O) groups is 2. The molecule has 0 radical (unpaired) electrons. The van der Waals surface area contributed by atoms with Crippen LogP contribution in [0.2, 0.25) is 0 Å². The Morgan fingerprint density at radius 2 is 2.00 bits per heavy atom. The molecule has 1 aromatic carbocycles. The van der Waals surface area contributed by atoms with Gasteiger partial charge >= 0.3 is 11.9 Å². The molecule has 0 fully saturated rings. The van der Waals surface area contributed by atoms with E-state index >= 15 is 0 Å².